The van der Waals surface area contributed by atoms with E-state index in [1.54, 1.807) is 4.90 Å². The predicted molar refractivity (Wildman–Crippen MR) is 54.8 cm³/mol. The molecular formula is C11H24NO+. The Kier molecular flexibility index (Phi) is 3.03. The number of hydrogen-bond donors (Lipinski definition) is 2. The smallest absolute Gasteiger partial charge is 0.111 e. The van der Waals surface area contributed by atoms with Crippen molar-refractivity contribution in [2.24, 2.45) is 5.92 Å². The highest BCUT2D eigenvalue weighted by molar-refractivity contribution is 4.74. The summed E-state index contributed by atoms with van der Waals surface area (Å²) in [5.74, 6) is 0.653. The number of aliphatic hydroxyl groups excluding tert-OH is 1. The first-order valence-corrected chi connectivity index (χ1v) is 5.36. The molecule has 0 aliphatic carbocycles. The average Bonchev–Trinajstić information content (AvgIpc) is 1.94. The van der Waals surface area contributed by atoms with Gasteiger partial charge in [0.25, 0.3) is 0 Å². The summed E-state index contributed by atoms with van der Waals surface area (Å²) in [6, 6.07) is 0.385. The minimum atomic E-state index is -0.113. The summed E-state index contributed by atoms with van der Waals surface area (Å²) >= 11 is 0. The monoisotopic (exact) mass is 186 g/mol. The van der Waals surface area contributed by atoms with E-state index in [4.69, 9.17) is 0 Å². The molecule has 0 spiro atoms. The van der Waals surface area contributed by atoms with Gasteiger partial charge in [-0.1, -0.05) is 6.92 Å². The lowest BCUT2D eigenvalue weighted by molar-refractivity contribution is -0.979. The third-order valence-corrected chi connectivity index (χ3v) is 3.30. The van der Waals surface area contributed by atoms with E-state index in [0.29, 0.717) is 12.0 Å². The summed E-state index contributed by atoms with van der Waals surface area (Å²) in [6.45, 7) is 12.4. The zero-order chi connectivity index (χ0) is 10.2. The molecule has 0 saturated carbocycles. The lowest BCUT2D eigenvalue weighted by Gasteiger charge is -2.44. The first-order valence-electron chi connectivity index (χ1n) is 5.36. The van der Waals surface area contributed by atoms with Crippen molar-refractivity contribution in [1.29, 1.82) is 0 Å². The second kappa shape index (κ2) is 3.58. The lowest BCUT2D eigenvalue weighted by Crippen LogP contribution is -3.24. The zero-order valence-corrected chi connectivity index (χ0v) is 9.59. The molecule has 4 atom stereocenters. The van der Waals surface area contributed by atoms with Crippen LogP contribution in [0.25, 0.3) is 0 Å². The Morgan fingerprint density at radius 3 is 2.23 bits per heavy atom. The minimum Gasteiger partial charge on any atom is -0.387 e. The van der Waals surface area contributed by atoms with Gasteiger partial charge < -0.3 is 10.0 Å². The van der Waals surface area contributed by atoms with Crippen LogP contribution in [0.5, 0.6) is 0 Å². The quantitative estimate of drug-likeness (QED) is 0.564. The van der Waals surface area contributed by atoms with Crippen LogP contribution >= 0.6 is 0 Å². The van der Waals surface area contributed by atoms with Crippen LogP contribution in [0.3, 0.4) is 0 Å². The van der Waals surface area contributed by atoms with Gasteiger partial charge in [0.2, 0.25) is 0 Å². The van der Waals surface area contributed by atoms with Crippen molar-refractivity contribution in [3.8, 4) is 0 Å². The van der Waals surface area contributed by atoms with Crippen molar-refractivity contribution in [1.82, 2.24) is 0 Å². The molecular weight excluding hydrogens is 162 g/mol. The summed E-state index contributed by atoms with van der Waals surface area (Å²) in [5.41, 5.74) is 0.259. The third kappa shape index (κ3) is 2.44. The van der Waals surface area contributed by atoms with Crippen LogP contribution in [0.15, 0.2) is 0 Å². The first-order chi connectivity index (χ1) is 5.82. The summed E-state index contributed by atoms with van der Waals surface area (Å²) in [7, 11) is 0. The van der Waals surface area contributed by atoms with Crippen LogP contribution in [0.2, 0.25) is 0 Å². The van der Waals surface area contributed by atoms with Crippen molar-refractivity contribution in [2.45, 2.75) is 58.7 Å². The fourth-order valence-corrected chi connectivity index (χ4v) is 2.48. The van der Waals surface area contributed by atoms with Gasteiger partial charge in [-0.3, -0.25) is 0 Å². The van der Waals surface area contributed by atoms with E-state index in [-0.39, 0.29) is 11.6 Å². The van der Waals surface area contributed by atoms with Gasteiger partial charge in [0.1, 0.15) is 12.1 Å². The first kappa shape index (κ1) is 11.0. The largest absolute Gasteiger partial charge is 0.387 e. The van der Waals surface area contributed by atoms with E-state index < -0.39 is 0 Å². The van der Waals surface area contributed by atoms with E-state index in [1.165, 1.54) is 6.54 Å². The normalized spacial score (nSPS) is 42.0. The number of piperidine rings is 1. The topological polar surface area (TPSA) is 24.7 Å². The molecule has 1 aliphatic rings. The molecule has 1 saturated heterocycles. The molecule has 1 aliphatic heterocycles. The molecule has 0 aromatic rings. The SMILES string of the molecule is C[C@@H]1C[C@H](O)[C@H](C)[NH+](C(C)(C)C)C1. The van der Waals surface area contributed by atoms with E-state index in [0.717, 1.165) is 6.42 Å². The van der Waals surface area contributed by atoms with Crippen LogP contribution in [0, 0.1) is 5.92 Å². The average molecular weight is 186 g/mol. The van der Waals surface area contributed by atoms with Crippen LogP contribution in [-0.4, -0.2) is 29.3 Å². The number of rotatable bonds is 0. The molecule has 1 heterocycles. The van der Waals surface area contributed by atoms with E-state index >= 15 is 0 Å². The van der Waals surface area contributed by atoms with Gasteiger partial charge in [0, 0.05) is 5.92 Å². The highest BCUT2D eigenvalue weighted by Gasteiger charge is 2.39. The van der Waals surface area contributed by atoms with E-state index in [2.05, 4.69) is 34.6 Å². The molecule has 1 fully saturated rings. The predicted octanol–water partition coefficient (Wildman–Crippen LogP) is 0.459. The van der Waals surface area contributed by atoms with E-state index in [1.807, 2.05) is 0 Å². The van der Waals surface area contributed by atoms with Gasteiger partial charge in [0.05, 0.1) is 12.1 Å². The van der Waals surface area contributed by atoms with Gasteiger partial charge in [-0.2, -0.15) is 0 Å². The third-order valence-electron chi connectivity index (χ3n) is 3.30. The molecule has 1 rings (SSSR count). The molecule has 1 unspecified atom stereocenters. The summed E-state index contributed by atoms with van der Waals surface area (Å²) in [4.78, 5) is 1.54. The molecule has 0 amide bonds. The molecule has 78 valence electrons. The minimum absolute atomic E-state index is 0.113. The Labute approximate surface area is 81.9 Å². The molecule has 0 aromatic carbocycles. The van der Waals surface area contributed by atoms with Crippen molar-refractivity contribution in [3.63, 3.8) is 0 Å². The molecule has 0 aromatic heterocycles. The van der Waals surface area contributed by atoms with Crippen molar-refractivity contribution < 1.29 is 10.0 Å². The Morgan fingerprint density at radius 1 is 1.23 bits per heavy atom. The second-order valence-corrected chi connectivity index (χ2v) is 5.68. The number of hydrogen-bond acceptors (Lipinski definition) is 1. The number of quaternary nitrogens is 1. The van der Waals surface area contributed by atoms with Gasteiger partial charge in [-0.05, 0) is 34.1 Å². The highest BCUT2D eigenvalue weighted by atomic mass is 16.3. The maximum atomic E-state index is 9.86. The molecule has 2 nitrogen and oxygen atoms in total. The molecule has 0 bridgehead atoms. The fraction of sp³-hybridized carbons (Fsp3) is 1.00. The van der Waals surface area contributed by atoms with Crippen LogP contribution in [0.1, 0.15) is 41.0 Å². The van der Waals surface area contributed by atoms with Crippen LogP contribution < -0.4 is 4.90 Å². The number of likely N-dealkylation sites (tertiary alicyclic amines) is 1. The molecule has 2 heteroatoms. The van der Waals surface area contributed by atoms with Crippen LogP contribution in [-0.2, 0) is 0 Å². The summed E-state index contributed by atoms with van der Waals surface area (Å²) < 4.78 is 0. The zero-order valence-electron chi connectivity index (χ0n) is 9.59. The Hall–Kier alpha value is -0.0800. The fourth-order valence-electron chi connectivity index (χ4n) is 2.48. The van der Waals surface area contributed by atoms with Crippen molar-refractivity contribution >= 4 is 0 Å². The Balaban J connectivity index is 2.72. The number of nitrogens with one attached hydrogen (secondary N) is 1. The summed E-state index contributed by atoms with van der Waals surface area (Å²) in [5, 5.41) is 9.86. The Morgan fingerprint density at radius 2 is 1.77 bits per heavy atom. The van der Waals surface area contributed by atoms with Gasteiger partial charge >= 0.3 is 0 Å². The maximum Gasteiger partial charge on any atom is 0.111 e. The Bertz CT molecular complexity index is 173. The van der Waals surface area contributed by atoms with Gasteiger partial charge in [-0.15, -0.1) is 0 Å². The van der Waals surface area contributed by atoms with Crippen LogP contribution in [0.4, 0.5) is 0 Å². The highest BCUT2D eigenvalue weighted by Crippen LogP contribution is 2.13. The maximum absolute atomic E-state index is 9.86. The standard InChI is InChI=1S/C11H23NO/c1-8-6-10(13)9(2)12(7-8)11(3,4)5/h8-10,13H,6-7H2,1-5H3/p+1/t8-,9+,10+/m1/s1. The van der Waals surface area contributed by atoms with Gasteiger partial charge in [-0.25, -0.2) is 0 Å². The second-order valence-electron chi connectivity index (χ2n) is 5.68. The van der Waals surface area contributed by atoms with Gasteiger partial charge in [0.15, 0.2) is 0 Å². The van der Waals surface area contributed by atoms with E-state index in [9.17, 15) is 5.11 Å². The molecule has 0 radical (unpaired) electrons. The summed E-state index contributed by atoms with van der Waals surface area (Å²) in [6.07, 6.45) is 0.860. The molecule has 2 N–H and O–H groups in total. The number of aliphatic hydroxyl groups is 1. The lowest BCUT2D eigenvalue weighted by atomic mass is 9.88. The molecule has 13 heavy (non-hydrogen) atoms. The van der Waals surface area contributed by atoms with Crippen molar-refractivity contribution in [3.05, 3.63) is 0 Å². The van der Waals surface area contributed by atoms with Crippen molar-refractivity contribution in [2.75, 3.05) is 6.54 Å².